The fourth-order valence-corrected chi connectivity index (χ4v) is 2.30. The third kappa shape index (κ3) is 2.13. The van der Waals surface area contributed by atoms with Gasteiger partial charge in [0.2, 0.25) is 0 Å². The van der Waals surface area contributed by atoms with Gasteiger partial charge in [-0.1, -0.05) is 6.07 Å². The van der Waals surface area contributed by atoms with Crippen molar-refractivity contribution in [2.24, 2.45) is 0 Å². The number of rotatable bonds is 2. The Morgan fingerprint density at radius 1 is 1.39 bits per heavy atom. The second kappa shape index (κ2) is 4.86. The molecule has 1 aromatic rings. The highest BCUT2D eigenvalue weighted by Gasteiger charge is 2.32. The molecule has 18 heavy (non-hydrogen) atoms. The molecule has 5 heteroatoms. The molecule has 2 atom stereocenters. The second-order valence-electron chi connectivity index (χ2n) is 4.52. The van der Waals surface area contributed by atoms with Crippen LogP contribution in [0.4, 0.5) is 0 Å². The summed E-state index contributed by atoms with van der Waals surface area (Å²) in [5, 5.41) is 19.4. The van der Waals surface area contributed by atoms with Crippen LogP contribution < -0.4 is 0 Å². The Hall–Kier alpha value is -1.75. The zero-order valence-electron chi connectivity index (χ0n) is 10.5. The summed E-state index contributed by atoms with van der Waals surface area (Å²) < 4.78 is 5.41. The van der Waals surface area contributed by atoms with Crippen molar-refractivity contribution in [2.45, 2.75) is 25.5 Å². The highest BCUT2D eigenvalue weighted by molar-refractivity contribution is 5.99. The van der Waals surface area contributed by atoms with E-state index in [1.54, 1.807) is 7.05 Å². The number of phenols is 2. The number of benzene rings is 1. The van der Waals surface area contributed by atoms with E-state index in [-0.39, 0.29) is 29.2 Å². The van der Waals surface area contributed by atoms with Crippen molar-refractivity contribution in [3.8, 4) is 11.5 Å². The Bertz CT molecular complexity index is 440. The molecule has 2 unspecified atom stereocenters. The molecule has 2 rings (SSSR count). The Morgan fingerprint density at radius 2 is 2.00 bits per heavy atom. The minimum Gasteiger partial charge on any atom is -0.507 e. The first-order valence-electron chi connectivity index (χ1n) is 5.92. The van der Waals surface area contributed by atoms with Crippen LogP contribution in [0.25, 0.3) is 0 Å². The summed E-state index contributed by atoms with van der Waals surface area (Å²) in [6.07, 6.45) is 0.726. The van der Waals surface area contributed by atoms with Crippen molar-refractivity contribution in [3.63, 3.8) is 0 Å². The Kier molecular flexibility index (Phi) is 3.43. The molecule has 5 nitrogen and oxygen atoms in total. The van der Waals surface area contributed by atoms with Gasteiger partial charge in [-0.3, -0.25) is 4.79 Å². The maximum absolute atomic E-state index is 12.3. The van der Waals surface area contributed by atoms with E-state index in [1.807, 2.05) is 6.92 Å². The van der Waals surface area contributed by atoms with Gasteiger partial charge >= 0.3 is 0 Å². The number of likely N-dealkylation sites (N-methyl/N-ethyl adjacent to an activating group) is 1. The molecule has 0 aliphatic carbocycles. The van der Waals surface area contributed by atoms with Gasteiger partial charge in [0.05, 0.1) is 12.1 Å². The molecule has 1 saturated heterocycles. The molecular formula is C13H17NO4. The lowest BCUT2D eigenvalue weighted by atomic mass is 10.1. The maximum Gasteiger partial charge on any atom is 0.261 e. The van der Waals surface area contributed by atoms with Gasteiger partial charge in [-0.2, -0.15) is 0 Å². The molecule has 0 bridgehead atoms. The average molecular weight is 251 g/mol. The monoisotopic (exact) mass is 251 g/mol. The zero-order chi connectivity index (χ0) is 13.3. The van der Waals surface area contributed by atoms with E-state index >= 15 is 0 Å². The fourth-order valence-electron chi connectivity index (χ4n) is 2.30. The van der Waals surface area contributed by atoms with E-state index in [4.69, 9.17) is 4.74 Å². The number of carbonyl (C=O) groups is 1. The predicted molar refractivity (Wildman–Crippen MR) is 65.7 cm³/mol. The summed E-state index contributed by atoms with van der Waals surface area (Å²) in [5.41, 5.74) is -0.0564. The van der Waals surface area contributed by atoms with Crippen LogP contribution in [0.1, 0.15) is 23.7 Å². The van der Waals surface area contributed by atoms with Gasteiger partial charge in [0, 0.05) is 13.7 Å². The normalized spacial score (nSPS) is 23.0. The summed E-state index contributed by atoms with van der Waals surface area (Å²) in [4.78, 5) is 13.8. The number of aromatic hydroxyl groups is 2. The molecule has 0 saturated carbocycles. The van der Waals surface area contributed by atoms with Gasteiger partial charge in [-0.05, 0) is 25.5 Å². The molecule has 1 aromatic carbocycles. The van der Waals surface area contributed by atoms with Gasteiger partial charge < -0.3 is 19.8 Å². The number of carbonyl (C=O) groups excluding carboxylic acids is 1. The highest BCUT2D eigenvalue weighted by Crippen LogP contribution is 2.29. The van der Waals surface area contributed by atoms with Crippen molar-refractivity contribution >= 4 is 5.91 Å². The first kappa shape index (κ1) is 12.7. The van der Waals surface area contributed by atoms with Crippen LogP contribution in [0.15, 0.2) is 18.2 Å². The van der Waals surface area contributed by atoms with Gasteiger partial charge in [-0.15, -0.1) is 0 Å². The number of hydrogen-bond donors (Lipinski definition) is 2. The number of phenolic OH excluding ortho intramolecular Hbond substituents is 2. The van der Waals surface area contributed by atoms with Gasteiger partial charge in [0.25, 0.3) is 5.91 Å². The molecule has 0 aromatic heterocycles. The summed E-state index contributed by atoms with van der Waals surface area (Å²) in [6, 6.07) is 4.23. The Labute approximate surface area is 106 Å². The van der Waals surface area contributed by atoms with Gasteiger partial charge in [0.1, 0.15) is 17.1 Å². The molecule has 1 aliphatic rings. The van der Waals surface area contributed by atoms with E-state index in [2.05, 4.69) is 0 Å². The lowest BCUT2D eigenvalue weighted by molar-refractivity contribution is 0.0569. The molecule has 1 heterocycles. The number of ether oxygens (including phenoxy) is 1. The molecule has 1 aliphatic heterocycles. The molecule has 1 amide bonds. The van der Waals surface area contributed by atoms with Crippen molar-refractivity contribution in [2.75, 3.05) is 13.7 Å². The third-order valence-electron chi connectivity index (χ3n) is 3.39. The first-order valence-corrected chi connectivity index (χ1v) is 5.92. The van der Waals surface area contributed by atoms with Gasteiger partial charge in [-0.25, -0.2) is 0 Å². The lowest BCUT2D eigenvalue weighted by Crippen LogP contribution is -2.41. The van der Waals surface area contributed by atoms with Crippen LogP contribution in [-0.4, -0.2) is 46.8 Å². The number of amides is 1. The fraction of sp³-hybridized carbons (Fsp3) is 0.462. The largest absolute Gasteiger partial charge is 0.507 e. The minimum atomic E-state index is -0.395. The van der Waals surface area contributed by atoms with Gasteiger partial charge in [0.15, 0.2) is 0 Å². The minimum absolute atomic E-state index is 0.0310. The van der Waals surface area contributed by atoms with E-state index in [0.717, 1.165) is 6.42 Å². The molecule has 2 N–H and O–H groups in total. The van der Waals surface area contributed by atoms with Crippen molar-refractivity contribution < 1.29 is 19.7 Å². The number of nitrogens with zero attached hydrogens (tertiary/aromatic N) is 1. The quantitative estimate of drug-likeness (QED) is 0.832. The van der Waals surface area contributed by atoms with Crippen molar-refractivity contribution in [1.82, 2.24) is 4.90 Å². The Morgan fingerprint density at radius 3 is 2.50 bits per heavy atom. The second-order valence-corrected chi connectivity index (χ2v) is 4.52. The lowest BCUT2D eigenvalue weighted by Gasteiger charge is -2.27. The predicted octanol–water partition coefficient (Wildman–Crippen LogP) is 1.35. The molecule has 0 radical (unpaired) electrons. The molecular weight excluding hydrogens is 234 g/mol. The van der Waals surface area contributed by atoms with E-state index < -0.39 is 5.91 Å². The Balaban J connectivity index is 2.26. The third-order valence-corrected chi connectivity index (χ3v) is 3.39. The topological polar surface area (TPSA) is 70.0 Å². The molecule has 0 spiro atoms. The van der Waals surface area contributed by atoms with Crippen LogP contribution in [0.5, 0.6) is 11.5 Å². The summed E-state index contributed by atoms with van der Waals surface area (Å²) in [7, 11) is 1.66. The standard InChI is InChI=1S/C13H17NO4/c1-8-9(6-7-18-8)14(2)13(17)12-10(15)4-3-5-11(12)16/h3-5,8-9,15-16H,6-7H2,1-2H3. The summed E-state index contributed by atoms with van der Waals surface area (Å²) >= 11 is 0. The van der Waals surface area contributed by atoms with Crippen molar-refractivity contribution in [1.29, 1.82) is 0 Å². The highest BCUT2D eigenvalue weighted by atomic mass is 16.5. The van der Waals surface area contributed by atoms with E-state index in [0.29, 0.717) is 6.61 Å². The van der Waals surface area contributed by atoms with Crippen LogP contribution in [0, 0.1) is 0 Å². The van der Waals surface area contributed by atoms with Crippen LogP contribution in [0.2, 0.25) is 0 Å². The van der Waals surface area contributed by atoms with E-state index in [9.17, 15) is 15.0 Å². The summed E-state index contributed by atoms with van der Waals surface area (Å²) in [6.45, 7) is 2.53. The summed E-state index contributed by atoms with van der Waals surface area (Å²) in [5.74, 6) is -0.815. The average Bonchev–Trinajstić information content (AvgIpc) is 2.74. The van der Waals surface area contributed by atoms with E-state index in [1.165, 1.54) is 23.1 Å². The molecule has 98 valence electrons. The van der Waals surface area contributed by atoms with Crippen LogP contribution in [-0.2, 0) is 4.74 Å². The van der Waals surface area contributed by atoms with Crippen LogP contribution in [0.3, 0.4) is 0 Å². The number of hydrogen-bond acceptors (Lipinski definition) is 4. The van der Waals surface area contributed by atoms with Crippen LogP contribution >= 0.6 is 0 Å². The van der Waals surface area contributed by atoms with Crippen molar-refractivity contribution in [3.05, 3.63) is 23.8 Å². The maximum atomic E-state index is 12.3. The molecule has 1 fully saturated rings. The first-order chi connectivity index (χ1) is 8.52. The SMILES string of the molecule is CC1OCCC1N(C)C(=O)c1c(O)cccc1O. The zero-order valence-corrected chi connectivity index (χ0v) is 10.5. The smallest absolute Gasteiger partial charge is 0.261 e.